The summed E-state index contributed by atoms with van der Waals surface area (Å²) >= 11 is 0. The van der Waals surface area contributed by atoms with Gasteiger partial charge >= 0.3 is 5.97 Å². The Kier molecular flexibility index (Phi) is 5.61. The van der Waals surface area contributed by atoms with Gasteiger partial charge in [-0.1, -0.05) is 13.8 Å². The lowest BCUT2D eigenvalue weighted by atomic mass is 10.1. The van der Waals surface area contributed by atoms with Gasteiger partial charge in [-0.15, -0.1) is 0 Å². The van der Waals surface area contributed by atoms with Crippen LogP contribution >= 0.6 is 0 Å². The van der Waals surface area contributed by atoms with Crippen LogP contribution in [0.2, 0.25) is 0 Å². The van der Waals surface area contributed by atoms with Crippen molar-refractivity contribution in [1.82, 2.24) is 5.32 Å². The minimum absolute atomic E-state index is 0.0229. The Morgan fingerprint density at radius 1 is 1.31 bits per heavy atom. The Morgan fingerprint density at radius 3 is 2.00 bits per heavy atom. The van der Waals surface area contributed by atoms with Crippen LogP contribution in [0.3, 0.4) is 0 Å². The van der Waals surface area contributed by atoms with Crippen LogP contribution < -0.4 is 5.32 Å². The van der Waals surface area contributed by atoms with Crippen LogP contribution in [0, 0.1) is 5.92 Å². The second-order valence-electron chi connectivity index (χ2n) is 3.03. The van der Waals surface area contributed by atoms with Gasteiger partial charge in [0.2, 0.25) is 6.41 Å². The molecule has 1 atom stereocenters. The molecule has 5 nitrogen and oxygen atoms in total. The van der Waals surface area contributed by atoms with Crippen LogP contribution in [-0.4, -0.2) is 37.8 Å². The van der Waals surface area contributed by atoms with Crippen molar-refractivity contribution in [3.8, 4) is 0 Å². The molecule has 0 spiro atoms. The molecule has 0 saturated heterocycles. The van der Waals surface area contributed by atoms with E-state index in [1.807, 2.05) is 13.8 Å². The normalized spacial score (nSPS) is 13.7. The fraction of sp³-hybridized carbons (Fsp3) is 0.875. The highest BCUT2D eigenvalue weighted by Gasteiger charge is 2.24. The molecule has 0 bridgehead atoms. The summed E-state index contributed by atoms with van der Waals surface area (Å²) in [5.74, 6) is -0.931. The molecule has 0 aromatic rings. The van der Waals surface area contributed by atoms with Crippen molar-refractivity contribution < 1.29 is 19.4 Å². The number of carboxylic acid groups (broad SMARTS) is 1. The van der Waals surface area contributed by atoms with Crippen LogP contribution in [0.15, 0.2) is 0 Å². The zero-order valence-corrected chi connectivity index (χ0v) is 8.40. The van der Waals surface area contributed by atoms with E-state index in [0.717, 1.165) is 0 Å². The quantitative estimate of drug-likeness (QED) is 0.589. The number of methoxy groups -OCH3 is 2. The highest BCUT2D eigenvalue weighted by atomic mass is 16.7. The first kappa shape index (κ1) is 12.3. The van der Waals surface area contributed by atoms with E-state index < -0.39 is 18.4 Å². The molecule has 0 aromatic heterocycles. The average molecular weight is 191 g/mol. The fourth-order valence-electron chi connectivity index (χ4n) is 0.928. The number of hydrogen-bond acceptors (Lipinski definition) is 4. The third-order valence-corrected chi connectivity index (χ3v) is 1.68. The van der Waals surface area contributed by atoms with E-state index in [4.69, 9.17) is 14.6 Å². The van der Waals surface area contributed by atoms with Gasteiger partial charge in [-0.3, -0.25) is 10.1 Å². The molecule has 0 heterocycles. The molecule has 0 aliphatic heterocycles. The van der Waals surface area contributed by atoms with Gasteiger partial charge in [-0.25, -0.2) is 0 Å². The lowest BCUT2D eigenvalue weighted by Crippen LogP contribution is -2.47. The maximum absolute atomic E-state index is 10.7. The molecule has 0 fully saturated rings. The molecule has 5 heteroatoms. The zero-order chi connectivity index (χ0) is 10.4. The summed E-state index contributed by atoms with van der Waals surface area (Å²) in [5, 5.41) is 11.5. The Balaban J connectivity index is 4.16. The van der Waals surface area contributed by atoms with Crippen molar-refractivity contribution in [2.24, 2.45) is 5.92 Å². The highest BCUT2D eigenvalue weighted by Crippen LogP contribution is 2.03. The van der Waals surface area contributed by atoms with E-state index in [0.29, 0.717) is 0 Å². The molecule has 0 saturated carbocycles. The Bertz CT molecular complexity index is 156. The third kappa shape index (κ3) is 4.21. The molecule has 78 valence electrons. The monoisotopic (exact) mass is 191 g/mol. The van der Waals surface area contributed by atoms with Crippen molar-refractivity contribution in [1.29, 1.82) is 0 Å². The van der Waals surface area contributed by atoms with Gasteiger partial charge in [0, 0.05) is 14.2 Å². The maximum atomic E-state index is 10.7. The number of hydrogen-bond donors (Lipinski definition) is 2. The molecule has 0 rings (SSSR count). The van der Waals surface area contributed by atoms with Crippen LogP contribution in [0.4, 0.5) is 0 Å². The van der Waals surface area contributed by atoms with Crippen LogP contribution in [-0.2, 0) is 14.3 Å². The van der Waals surface area contributed by atoms with Crippen LogP contribution in [0.25, 0.3) is 0 Å². The molecular formula is C8H17NO4. The number of carboxylic acids is 1. The standard InChI is InChI=1S/C8H17NO4/c1-5(2)6(7(10)11)9-8(12-3)13-4/h5-6,8-9H,1-4H3,(H,10,11). The molecular weight excluding hydrogens is 174 g/mol. The Labute approximate surface area is 78.0 Å². The third-order valence-electron chi connectivity index (χ3n) is 1.68. The van der Waals surface area contributed by atoms with Gasteiger partial charge in [0.15, 0.2) is 0 Å². The molecule has 0 aromatic carbocycles. The van der Waals surface area contributed by atoms with Crippen molar-refractivity contribution in [2.75, 3.05) is 14.2 Å². The minimum atomic E-state index is -0.908. The van der Waals surface area contributed by atoms with Crippen LogP contribution in [0.1, 0.15) is 13.8 Å². The first-order chi connectivity index (χ1) is 6.02. The zero-order valence-electron chi connectivity index (χ0n) is 8.40. The minimum Gasteiger partial charge on any atom is -0.480 e. The lowest BCUT2D eigenvalue weighted by Gasteiger charge is -2.23. The summed E-state index contributed by atoms with van der Waals surface area (Å²) in [6, 6.07) is -0.662. The van der Waals surface area contributed by atoms with Gasteiger partial charge in [0.25, 0.3) is 0 Å². The molecule has 0 aliphatic rings. The van der Waals surface area contributed by atoms with Gasteiger partial charge in [0.1, 0.15) is 6.04 Å². The number of ether oxygens (including phenoxy) is 2. The second kappa shape index (κ2) is 5.90. The van der Waals surface area contributed by atoms with E-state index in [1.165, 1.54) is 14.2 Å². The van der Waals surface area contributed by atoms with E-state index in [-0.39, 0.29) is 5.92 Å². The summed E-state index contributed by atoms with van der Waals surface area (Å²) in [5.41, 5.74) is 0. The van der Waals surface area contributed by atoms with Gasteiger partial charge < -0.3 is 14.6 Å². The van der Waals surface area contributed by atoms with E-state index in [2.05, 4.69) is 5.32 Å². The molecule has 0 amide bonds. The molecule has 2 N–H and O–H groups in total. The van der Waals surface area contributed by atoms with Crippen molar-refractivity contribution in [3.05, 3.63) is 0 Å². The number of carbonyl (C=O) groups is 1. The van der Waals surface area contributed by atoms with Gasteiger partial charge in [0.05, 0.1) is 0 Å². The summed E-state index contributed by atoms with van der Waals surface area (Å²) < 4.78 is 9.67. The number of aliphatic carboxylic acids is 1. The number of nitrogens with one attached hydrogen (secondary N) is 1. The smallest absolute Gasteiger partial charge is 0.321 e. The van der Waals surface area contributed by atoms with Crippen molar-refractivity contribution in [3.63, 3.8) is 0 Å². The molecule has 0 radical (unpaired) electrons. The number of rotatable bonds is 6. The summed E-state index contributed by atoms with van der Waals surface area (Å²) in [7, 11) is 2.89. The topological polar surface area (TPSA) is 67.8 Å². The molecule has 1 unspecified atom stereocenters. The van der Waals surface area contributed by atoms with Crippen molar-refractivity contribution in [2.45, 2.75) is 26.3 Å². The second-order valence-corrected chi connectivity index (χ2v) is 3.03. The van der Waals surface area contributed by atoms with E-state index in [1.54, 1.807) is 0 Å². The molecule has 13 heavy (non-hydrogen) atoms. The van der Waals surface area contributed by atoms with Gasteiger partial charge in [-0.2, -0.15) is 0 Å². The van der Waals surface area contributed by atoms with Gasteiger partial charge in [-0.05, 0) is 5.92 Å². The predicted octanol–water partition coefficient (Wildman–Crippen LogP) is 0.262. The summed E-state index contributed by atoms with van der Waals surface area (Å²) in [6.07, 6.45) is -0.677. The average Bonchev–Trinajstić information content (AvgIpc) is 2.05. The first-order valence-electron chi connectivity index (χ1n) is 4.07. The molecule has 0 aliphatic carbocycles. The predicted molar refractivity (Wildman–Crippen MR) is 47.2 cm³/mol. The van der Waals surface area contributed by atoms with Crippen LogP contribution in [0.5, 0.6) is 0 Å². The largest absolute Gasteiger partial charge is 0.480 e. The highest BCUT2D eigenvalue weighted by molar-refractivity contribution is 5.73. The summed E-state index contributed by atoms with van der Waals surface area (Å²) in [4.78, 5) is 10.7. The Morgan fingerprint density at radius 2 is 1.77 bits per heavy atom. The summed E-state index contributed by atoms with van der Waals surface area (Å²) in [6.45, 7) is 3.63. The van der Waals surface area contributed by atoms with E-state index in [9.17, 15) is 4.79 Å². The Hall–Kier alpha value is -0.650. The lowest BCUT2D eigenvalue weighted by molar-refractivity contribution is -0.155. The fourth-order valence-corrected chi connectivity index (χ4v) is 0.928. The first-order valence-corrected chi connectivity index (χ1v) is 4.07. The SMILES string of the molecule is COC(NC(C(=O)O)C(C)C)OC. The maximum Gasteiger partial charge on any atom is 0.321 e. The van der Waals surface area contributed by atoms with E-state index >= 15 is 0 Å². The van der Waals surface area contributed by atoms with Crippen molar-refractivity contribution >= 4 is 5.97 Å².